The highest BCUT2D eigenvalue weighted by atomic mass is 79.9. The van der Waals surface area contributed by atoms with Gasteiger partial charge in [-0.15, -0.1) is 0 Å². The number of likely N-dealkylation sites (tertiary alicyclic amines) is 1. The van der Waals surface area contributed by atoms with Gasteiger partial charge >= 0.3 is 0 Å². The van der Waals surface area contributed by atoms with Crippen molar-refractivity contribution >= 4 is 31.9 Å². The van der Waals surface area contributed by atoms with E-state index >= 15 is 0 Å². The number of nitrogens with one attached hydrogen (secondary N) is 1. The van der Waals surface area contributed by atoms with Gasteiger partial charge in [0.25, 0.3) is 5.91 Å². The van der Waals surface area contributed by atoms with Gasteiger partial charge in [0.2, 0.25) is 10.0 Å². The maximum Gasteiger partial charge on any atom is 0.254 e. The summed E-state index contributed by atoms with van der Waals surface area (Å²) in [5.74, 6) is -0.950. The molecule has 1 aromatic carbocycles. The van der Waals surface area contributed by atoms with E-state index in [4.69, 9.17) is 0 Å². The zero-order valence-electron chi connectivity index (χ0n) is 14.3. The van der Waals surface area contributed by atoms with Crippen molar-refractivity contribution in [3.05, 3.63) is 34.1 Å². The van der Waals surface area contributed by atoms with E-state index in [9.17, 15) is 22.7 Å². The van der Waals surface area contributed by atoms with Gasteiger partial charge in [-0.05, 0) is 54.2 Å². The molecule has 9 heteroatoms. The summed E-state index contributed by atoms with van der Waals surface area (Å²) < 4.78 is 40.4. The molecule has 0 spiro atoms. The summed E-state index contributed by atoms with van der Waals surface area (Å²) in [7, 11) is -3.49. The molecule has 1 aliphatic heterocycles. The average molecular weight is 437 g/mol. The van der Waals surface area contributed by atoms with Crippen LogP contribution in [0.3, 0.4) is 0 Å². The minimum absolute atomic E-state index is 0.139. The van der Waals surface area contributed by atoms with E-state index < -0.39 is 39.4 Å². The van der Waals surface area contributed by atoms with Crippen molar-refractivity contribution in [1.82, 2.24) is 9.62 Å². The molecule has 2 atom stereocenters. The molecule has 1 heterocycles. The van der Waals surface area contributed by atoms with Gasteiger partial charge in [-0.3, -0.25) is 4.79 Å². The first-order valence-corrected chi connectivity index (χ1v) is 10.5. The minimum Gasteiger partial charge on any atom is -0.381 e. The van der Waals surface area contributed by atoms with E-state index in [2.05, 4.69) is 20.7 Å². The summed E-state index contributed by atoms with van der Waals surface area (Å²) in [5.41, 5.74) is -1.22. The molecule has 1 saturated heterocycles. The Balaban J connectivity index is 2.35. The number of halogens is 2. The second kappa shape index (κ2) is 7.30. The fraction of sp³-hybridized carbons (Fsp3) is 0.562. The Kier molecular flexibility index (Phi) is 5.92. The van der Waals surface area contributed by atoms with E-state index in [1.54, 1.807) is 18.2 Å². The lowest BCUT2D eigenvalue weighted by atomic mass is 9.99. The number of rotatable bonds is 5. The third-order valence-corrected chi connectivity index (χ3v) is 5.50. The summed E-state index contributed by atoms with van der Waals surface area (Å²) in [5, 5.41) is 10.0. The molecule has 1 fully saturated rings. The molecule has 25 heavy (non-hydrogen) atoms. The van der Waals surface area contributed by atoms with E-state index in [0.29, 0.717) is 16.5 Å². The van der Waals surface area contributed by atoms with E-state index in [1.165, 1.54) is 18.7 Å². The first-order valence-electron chi connectivity index (χ1n) is 7.84. The summed E-state index contributed by atoms with van der Waals surface area (Å²) in [6.45, 7) is 3.04. The molecule has 0 saturated carbocycles. The van der Waals surface area contributed by atoms with Gasteiger partial charge in [-0.25, -0.2) is 17.5 Å². The second-order valence-corrected chi connectivity index (χ2v) is 9.46. The predicted octanol–water partition coefficient (Wildman–Crippen LogP) is 1.42. The molecule has 1 amide bonds. The molecule has 0 bridgehead atoms. The van der Waals surface area contributed by atoms with Gasteiger partial charge in [-0.1, -0.05) is 12.1 Å². The number of aliphatic hydroxyl groups is 1. The summed E-state index contributed by atoms with van der Waals surface area (Å²) >= 11 is 3.13. The van der Waals surface area contributed by atoms with Gasteiger partial charge in [0, 0.05) is 12.6 Å². The maximum absolute atomic E-state index is 14.3. The highest BCUT2D eigenvalue weighted by Crippen LogP contribution is 2.28. The number of carbonyl (C=O) groups excluding carboxylic acids is 1. The summed E-state index contributed by atoms with van der Waals surface area (Å²) in [6, 6.07) is 3.72. The Hall–Kier alpha value is -1.03. The van der Waals surface area contributed by atoms with Crippen LogP contribution in [0.15, 0.2) is 22.7 Å². The molecular weight excluding hydrogens is 415 g/mol. The van der Waals surface area contributed by atoms with Crippen molar-refractivity contribution < 1.29 is 22.7 Å². The van der Waals surface area contributed by atoms with Crippen LogP contribution in [0.1, 0.15) is 25.8 Å². The number of amides is 1. The van der Waals surface area contributed by atoms with Crippen LogP contribution in [-0.4, -0.2) is 54.8 Å². The fourth-order valence-corrected chi connectivity index (χ4v) is 4.29. The number of benzene rings is 1. The molecule has 0 radical (unpaired) electrons. The Morgan fingerprint density at radius 2 is 2.12 bits per heavy atom. The van der Waals surface area contributed by atoms with Crippen LogP contribution < -0.4 is 4.72 Å². The van der Waals surface area contributed by atoms with Crippen LogP contribution >= 0.6 is 15.9 Å². The van der Waals surface area contributed by atoms with Crippen molar-refractivity contribution in [2.75, 3.05) is 12.8 Å². The largest absolute Gasteiger partial charge is 0.381 e. The van der Waals surface area contributed by atoms with Crippen LogP contribution in [0, 0.1) is 5.82 Å². The molecular formula is C16H22BrFN2O4S. The molecule has 0 unspecified atom stereocenters. The molecule has 0 aromatic heterocycles. The smallest absolute Gasteiger partial charge is 0.254 e. The first kappa shape index (κ1) is 20.3. The van der Waals surface area contributed by atoms with Crippen LogP contribution in [0.25, 0.3) is 0 Å². The Morgan fingerprint density at radius 3 is 2.68 bits per heavy atom. The third kappa shape index (κ3) is 4.99. The van der Waals surface area contributed by atoms with Crippen molar-refractivity contribution in [3.8, 4) is 0 Å². The van der Waals surface area contributed by atoms with Crippen LogP contribution in [-0.2, 0) is 21.2 Å². The monoisotopic (exact) mass is 436 g/mol. The minimum atomic E-state index is -3.49. The van der Waals surface area contributed by atoms with E-state index in [1.807, 2.05) is 0 Å². The SMILES string of the molecule is CC(C)(O)C(=O)N1CC[C@H](NS(C)(=O)=O)[C@@H]1Cc1cccc(Br)c1F. The highest BCUT2D eigenvalue weighted by molar-refractivity contribution is 9.10. The number of sulfonamides is 1. The number of hydrogen-bond donors (Lipinski definition) is 2. The molecule has 2 rings (SSSR count). The number of hydrogen-bond acceptors (Lipinski definition) is 4. The Morgan fingerprint density at radius 1 is 1.48 bits per heavy atom. The quantitative estimate of drug-likeness (QED) is 0.730. The van der Waals surface area contributed by atoms with Gasteiger partial charge in [-0.2, -0.15) is 0 Å². The number of carbonyl (C=O) groups is 1. The highest BCUT2D eigenvalue weighted by Gasteiger charge is 2.42. The van der Waals surface area contributed by atoms with Gasteiger partial charge in [0.15, 0.2) is 0 Å². The molecule has 140 valence electrons. The van der Waals surface area contributed by atoms with Gasteiger partial charge in [0.1, 0.15) is 11.4 Å². The Labute approximate surface area is 155 Å². The molecule has 6 nitrogen and oxygen atoms in total. The van der Waals surface area contributed by atoms with Crippen molar-refractivity contribution in [1.29, 1.82) is 0 Å². The van der Waals surface area contributed by atoms with Gasteiger partial charge < -0.3 is 10.0 Å². The first-order chi connectivity index (χ1) is 11.4. The third-order valence-electron chi connectivity index (χ3n) is 4.16. The standard InChI is InChI=1S/C16H22BrFN2O4S/c1-16(2,22)15(21)20-8-7-12(19-25(3,23)24)13(20)9-10-5-4-6-11(17)14(10)18/h4-6,12-13,19,22H,7-9H2,1-3H3/t12-,13-/m0/s1. The van der Waals surface area contributed by atoms with Crippen LogP contribution in [0.5, 0.6) is 0 Å². The van der Waals surface area contributed by atoms with E-state index in [0.717, 1.165) is 6.26 Å². The average Bonchev–Trinajstić information content (AvgIpc) is 2.82. The second-order valence-electron chi connectivity index (χ2n) is 6.83. The molecule has 2 N–H and O–H groups in total. The zero-order valence-corrected chi connectivity index (χ0v) is 16.7. The van der Waals surface area contributed by atoms with Crippen molar-refractivity contribution in [3.63, 3.8) is 0 Å². The maximum atomic E-state index is 14.3. The lowest BCUT2D eigenvalue weighted by Gasteiger charge is -2.32. The summed E-state index contributed by atoms with van der Waals surface area (Å²) in [4.78, 5) is 14.0. The molecule has 1 aliphatic rings. The molecule has 1 aromatic rings. The lowest BCUT2D eigenvalue weighted by Crippen LogP contribution is -2.52. The van der Waals surface area contributed by atoms with E-state index in [-0.39, 0.29) is 13.0 Å². The van der Waals surface area contributed by atoms with Crippen LogP contribution in [0.4, 0.5) is 4.39 Å². The number of nitrogens with zero attached hydrogens (tertiary/aromatic N) is 1. The predicted molar refractivity (Wildman–Crippen MR) is 96.0 cm³/mol. The zero-order chi connectivity index (χ0) is 19.0. The van der Waals surface area contributed by atoms with Gasteiger partial charge in [0.05, 0.1) is 16.8 Å². The Bertz CT molecular complexity index is 764. The lowest BCUT2D eigenvalue weighted by molar-refractivity contribution is -0.148. The fourth-order valence-electron chi connectivity index (χ4n) is 3.05. The van der Waals surface area contributed by atoms with Crippen molar-refractivity contribution in [2.24, 2.45) is 0 Å². The summed E-state index contributed by atoms with van der Waals surface area (Å²) in [6.07, 6.45) is 1.58. The normalized spacial score (nSPS) is 21.6. The topological polar surface area (TPSA) is 86.7 Å². The van der Waals surface area contributed by atoms with Crippen molar-refractivity contribution in [2.45, 2.75) is 44.4 Å². The van der Waals surface area contributed by atoms with Crippen LogP contribution in [0.2, 0.25) is 0 Å². The molecule has 0 aliphatic carbocycles.